The number of nitrogens with zero attached hydrogens (tertiary/aromatic N) is 3. The van der Waals surface area contributed by atoms with Crippen LogP contribution >= 0.6 is 0 Å². The monoisotopic (exact) mass is 354 g/mol. The molecule has 25 heavy (non-hydrogen) atoms. The van der Waals surface area contributed by atoms with E-state index in [2.05, 4.69) is 20.0 Å². The summed E-state index contributed by atoms with van der Waals surface area (Å²) in [4.78, 5) is 22.4. The summed E-state index contributed by atoms with van der Waals surface area (Å²) >= 11 is 0. The molecule has 0 saturated heterocycles. The van der Waals surface area contributed by atoms with Crippen LogP contribution in [0.4, 0.5) is 19.1 Å². The zero-order valence-corrected chi connectivity index (χ0v) is 13.9. The summed E-state index contributed by atoms with van der Waals surface area (Å²) in [5.74, 6) is -0.770. The average Bonchev–Trinajstić information content (AvgIpc) is 2.51. The molecule has 2 rings (SSSR count). The van der Waals surface area contributed by atoms with Crippen molar-refractivity contribution in [3.05, 3.63) is 47.3 Å². The maximum absolute atomic E-state index is 12.4. The van der Waals surface area contributed by atoms with Crippen molar-refractivity contribution in [2.75, 3.05) is 19.0 Å². The molecule has 1 aromatic carbocycles. The number of benzene rings is 1. The lowest BCUT2D eigenvalue weighted by atomic mass is 10.2. The molecule has 9 heteroatoms. The number of rotatable bonds is 5. The van der Waals surface area contributed by atoms with Gasteiger partial charge in [-0.2, -0.15) is 0 Å². The van der Waals surface area contributed by atoms with Crippen molar-refractivity contribution in [1.82, 2.24) is 15.3 Å². The van der Waals surface area contributed by atoms with Gasteiger partial charge in [-0.15, -0.1) is 13.2 Å². The van der Waals surface area contributed by atoms with Crippen LogP contribution in [-0.2, 0) is 6.54 Å². The molecular weight excluding hydrogens is 337 g/mol. The Hall–Kier alpha value is -2.84. The number of nitrogens with one attached hydrogen (secondary N) is 1. The number of carbonyl (C=O) groups excluding carboxylic acids is 1. The summed E-state index contributed by atoms with van der Waals surface area (Å²) < 4.78 is 41.2. The highest BCUT2D eigenvalue weighted by Crippen LogP contribution is 2.26. The van der Waals surface area contributed by atoms with Gasteiger partial charge >= 0.3 is 6.36 Å². The zero-order valence-electron chi connectivity index (χ0n) is 13.9. The molecule has 1 aromatic heterocycles. The van der Waals surface area contributed by atoms with E-state index < -0.39 is 18.0 Å². The van der Waals surface area contributed by atoms with E-state index in [0.29, 0.717) is 17.3 Å². The fourth-order valence-corrected chi connectivity index (χ4v) is 2.04. The number of halogens is 3. The van der Waals surface area contributed by atoms with Crippen LogP contribution < -0.4 is 15.0 Å². The van der Waals surface area contributed by atoms with Gasteiger partial charge in [-0.1, -0.05) is 12.1 Å². The van der Waals surface area contributed by atoms with Crippen LogP contribution in [0.2, 0.25) is 0 Å². The SMILES string of the molecule is Cc1cc(CNC(=O)c2ccccc2OC(F)(F)F)nc(N(C)C)n1. The van der Waals surface area contributed by atoms with Gasteiger partial charge in [0, 0.05) is 19.8 Å². The normalized spacial score (nSPS) is 11.1. The molecule has 2 aromatic rings. The Morgan fingerprint density at radius 1 is 1.24 bits per heavy atom. The van der Waals surface area contributed by atoms with Crippen molar-refractivity contribution in [3.63, 3.8) is 0 Å². The summed E-state index contributed by atoms with van der Waals surface area (Å²) in [6.45, 7) is 1.83. The summed E-state index contributed by atoms with van der Waals surface area (Å²) in [5, 5.41) is 2.54. The number of aryl methyl sites for hydroxylation is 1. The predicted octanol–water partition coefficient (Wildman–Crippen LogP) is 2.68. The van der Waals surface area contributed by atoms with Crippen molar-refractivity contribution in [1.29, 1.82) is 0 Å². The highest BCUT2D eigenvalue weighted by molar-refractivity contribution is 5.96. The number of hydrogen-bond acceptors (Lipinski definition) is 5. The average molecular weight is 354 g/mol. The van der Waals surface area contributed by atoms with Crippen molar-refractivity contribution < 1.29 is 22.7 Å². The third-order valence-electron chi connectivity index (χ3n) is 3.08. The first-order valence-corrected chi connectivity index (χ1v) is 7.30. The van der Waals surface area contributed by atoms with Gasteiger partial charge in [0.2, 0.25) is 5.95 Å². The van der Waals surface area contributed by atoms with E-state index in [-0.39, 0.29) is 12.1 Å². The summed E-state index contributed by atoms with van der Waals surface area (Å²) in [6, 6.07) is 6.84. The molecule has 0 aliphatic carbocycles. The molecule has 0 saturated carbocycles. The fraction of sp³-hybridized carbons (Fsp3) is 0.312. The second kappa shape index (κ2) is 7.37. The minimum Gasteiger partial charge on any atom is -0.405 e. The smallest absolute Gasteiger partial charge is 0.405 e. The van der Waals surface area contributed by atoms with E-state index in [1.807, 2.05) is 0 Å². The van der Waals surface area contributed by atoms with Gasteiger partial charge in [-0.3, -0.25) is 4.79 Å². The van der Waals surface area contributed by atoms with Crippen LogP contribution in [0.25, 0.3) is 0 Å². The first kappa shape index (κ1) is 18.5. The second-order valence-corrected chi connectivity index (χ2v) is 5.42. The van der Waals surface area contributed by atoms with Gasteiger partial charge in [-0.05, 0) is 25.1 Å². The molecule has 0 aliphatic rings. The zero-order chi connectivity index (χ0) is 18.6. The first-order chi connectivity index (χ1) is 11.7. The number of amides is 1. The van der Waals surface area contributed by atoms with Crippen LogP contribution in [0.3, 0.4) is 0 Å². The Morgan fingerprint density at radius 2 is 1.92 bits per heavy atom. The van der Waals surface area contributed by atoms with Gasteiger partial charge in [0.15, 0.2) is 0 Å². The molecule has 1 heterocycles. The molecule has 1 N–H and O–H groups in total. The van der Waals surface area contributed by atoms with Gasteiger partial charge in [0.1, 0.15) is 5.75 Å². The van der Waals surface area contributed by atoms with Crippen LogP contribution in [0, 0.1) is 6.92 Å². The van der Waals surface area contributed by atoms with E-state index in [0.717, 1.165) is 6.07 Å². The Morgan fingerprint density at radius 3 is 2.56 bits per heavy atom. The molecular formula is C16H17F3N4O2. The minimum atomic E-state index is -4.87. The highest BCUT2D eigenvalue weighted by Gasteiger charge is 2.32. The lowest BCUT2D eigenvalue weighted by Gasteiger charge is -2.14. The number of para-hydroxylation sites is 1. The number of hydrogen-bond donors (Lipinski definition) is 1. The van der Waals surface area contributed by atoms with Crippen LogP contribution in [0.5, 0.6) is 5.75 Å². The first-order valence-electron chi connectivity index (χ1n) is 7.30. The molecule has 6 nitrogen and oxygen atoms in total. The molecule has 0 spiro atoms. The third kappa shape index (κ3) is 5.33. The van der Waals surface area contributed by atoms with E-state index in [1.54, 1.807) is 32.0 Å². The van der Waals surface area contributed by atoms with Gasteiger partial charge in [0.05, 0.1) is 17.8 Å². The quantitative estimate of drug-likeness (QED) is 0.894. The minimum absolute atomic E-state index is 0.0450. The molecule has 0 aliphatic heterocycles. The van der Waals surface area contributed by atoms with Crippen LogP contribution in [-0.4, -0.2) is 36.3 Å². The number of ether oxygens (including phenoxy) is 1. The molecule has 0 fully saturated rings. The summed E-state index contributed by atoms with van der Waals surface area (Å²) in [7, 11) is 3.56. The Labute approximate surface area is 142 Å². The second-order valence-electron chi connectivity index (χ2n) is 5.42. The van der Waals surface area contributed by atoms with E-state index >= 15 is 0 Å². The predicted molar refractivity (Wildman–Crippen MR) is 85.4 cm³/mol. The van der Waals surface area contributed by atoms with E-state index in [4.69, 9.17) is 0 Å². The largest absolute Gasteiger partial charge is 0.573 e. The standard InChI is InChI=1S/C16H17F3N4O2/c1-10-8-11(22-15(21-10)23(2)3)9-20-14(24)12-6-4-5-7-13(12)25-16(17,18)19/h4-8H,9H2,1-3H3,(H,20,24). The third-order valence-corrected chi connectivity index (χ3v) is 3.08. The number of alkyl halides is 3. The van der Waals surface area contributed by atoms with Gasteiger partial charge in [0.25, 0.3) is 5.91 Å². The van der Waals surface area contributed by atoms with Crippen molar-refractivity contribution in [2.45, 2.75) is 19.8 Å². The van der Waals surface area contributed by atoms with Crippen molar-refractivity contribution in [3.8, 4) is 5.75 Å². The number of aromatic nitrogens is 2. The fourth-order valence-electron chi connectivity index (χ4n) is 2.04. The molecule has 0 bridgehead atoms. The topological polar surface area (TPSA) is 67.3 Å². The summed E-state index contributed by atoms with van der Waals surface area (Å²) in [5.41, 5.74) is 1.04. The molecule has 1 amide bonds. The number of carbonyl (C=O) groups is 1. The Kier molecular flexibility index (Phi) is 5.45. The Bertz CT molecular complexity index is 763. The van der Waals surface area contributed by atoms with Gasteiger partial charge in [-0.25, -0.2) is 9.97 Å². The van der Waals surface area contributed by atoms with Crippen LogP contribution in [0.15, 0.2) is 30.3 Å². The highest BCUT2D eigenvalue weighted by atomic mass is 19.4. The summed E-state index contributed by atoms with van der Waals surface area (Å²) in [6.07, 6.45) is -4.87. The number of anilines is 1. The van der Waals surface area contributed by atoms with Crippen molar-refractivity contribution in [2.24, 2.45) is 0 Å². The maximum atomic E-state index is 12.4. The molecule has 0 radical (unpaired) electrons. The van der Waals surface area contributed by atoms with Gasteiger partial charge < -0.3 is 15.0 Å². The molecule has 0 unspecified atom stereocenters. The maximum Gasteiger partial charge on any atom is 0.573 e. The van der Waals surface area contributed by atoms with Crippen LogP contribution in [0.1, 0.15) is 21.7 Å². The van der Waals surface area contributed by atoms with E-state index in [9.17, 15) is 18.0 Å². The molecule has 134 valence electrons. The molecule has 0 atom stereocenters. The van der Waals surface area contributed by atoms with E-state index in [1.165, 1.54) is 18.2 Å². The van der Waals surface area contributed by atoms with Crippen molar-refractivity contribution >= 4 is 11.9 Å². The lowest BCUT2D eigenvalue weighted by molar-refractivity contribution is -0.274. The Balaban J connectivity index is 2.14. The lowest BCUT2D eigenvalue weighted by Crippen LogP contribution is -2.26.